The Morgan fingerprint density at radius 3 is 2.63 bits per heavy atom. The number of fused-ring (bicyclic) bond motifs is 1. The Morgan fingerprint density at radius 1 is 1.08 bits per heavy atom. The first-order valence-corrected chi connectivity index (χ1v) is 15.0. The molecule has 0 aromatic carbocycles. The van der Waals surface area contributed by atoms with E-state index < -0.39 is 11.0 Å². The molecule has 1 aliphatic heterocycles. The number of pyridine rings is 1. The van der Waals surface area contributed by atoms with Crippen LogP contribution in [0.5, 0.6) is 0 Å². The molecule has 3 aliphatic rings. The molecule has 3 aromatic rings. The van der Waals surface area contributed by atoms with E-state index in [9.17, 15) is 9.00 Å². The summed E-state index contributed by atoms with van der Waals surface area (Å²) in [5.74, 6) is 2.87. The number of aromatic amines is 1. The van der Waals surface area contributed by atoms with Gasteiger partial charge in [0.05, 0.1) is 21.9 Å². The van der Waals surface area contributed by atoms with E-state index in [1.54, 1.807) is 12.5 Å². The van der Waals surface area contributed by atoms with Crippen molar-refractivity contribution in [3.8, 4) is 0 Å². The highest BCUT2D eigenvalue weighted by Crippen LogP contribution is 2.32. The van der Waals surface area contributed by atoms with Gasteiger partial charge in [-0.2, -0.15) is 0 Å². The molecule has 2 saturated carbocycles. The maximum absolute atomic E-state index is 13.3. The van der Waals surface area contributed by atoms with Crippen LogP contribution < -0.4 is 15.1 Å². The van der Waals surface area contributed by atoms with E-state index in [1.165, 1.54) is 0 Å². The van der Waals surface area contributed by atoms with Crippen LogP contribution in [0.4, 0.5) is 11.6 Å². The van der Waals surface area contributed by atoms with Crippen molar-refractivity contribution in [2.24, 2.45) is 5.92 Å². The molecule has 0 bridgehead atoms. The number of H-pyrrole nitrogens is 1. The number of hydrogen-bond donors (Lipinski definition) is 2. The van der Waals surface area contributed by atoms with Gasteiger partial charge in [0.2, 0.25) is 0 Å². The lowest BCUT2D eigenvalue weighted by molar-refractivity contribution is 0.0951. The fourth-order valence-electron chi connectivity index (χ4n) is 5.74. The van der Waals surface area contributed by atoms with Crippen molar-refractivity contribution < 1.29 is 9.00 Å². The van der Waals surface area contributed by atoms with E-state index in [2.05, 4.69) is 46.4 Å². The predicted octanol–water partition coefficient (Wildman–Crippen LogP) is 2.73. The topological polar surface area (TPSA) is 110 Å². The highest BCUT2D eigenvalue weighted by atomic mass is 32.2. The van der Waals surface area contributed by atoms with Crippen LogP contribution in [0, 0.1) is 5.92 Å². The first-order chi connectivity index (χ1) is 18.6. The summed E-state index contributed by atoms with van der Waals surface area (Å²) in [5, 5.41) is 4.13. The van der Waals surface area contributed by atoms with Crippen molar-refractivity contribution in [1.82, 2.24) is 29.6 Å². The summed E-state index contributed by atoms with van der Waals surface area (Å²) >= 11 is 0. The highest BCUT2D eigenvalue weighted by Gasteiger charge is 2.31. The molecule has 10 nitrogen and oxygen atoms in total. The first kappa shape index (κ1) is 25.2. The van der Waals surface area contributed by atoms with E-state index in [0.29, 0.717) is 36.7 Å². The van der Waals surface area contributed by atoms with E-state index in [4.69, 9.17) is 0 Å². The number of hydrogen-bond acceptors (Lipinski definition) is 7. The minimum Gasteiger partial charge on any atom is -0.356 e. The van der Waals surface area contributed by atoms with Crippen molar-refractivity contribution in [3.63, 3.8) is 0 Å². The third-order valence-electron chi connectivity index (χ3n) is 8.18. The number of carbonyl (C=O) groups excluding carboxylic acids is 1. The summed E-state index contributed by atoms with van der Waals surface area (Å²) in [6, 6.07) is 6.45. The first-order valence-electron chi connectivity index (χ1n) is 13.7. The highest BCUT2D eigenvalue weighted by molar-refractivity contribution is 7.82. The lowest BCUT2D eigenvalue weighted by atomic mass is 9.86. The van der Waals surface area contributed by atoms with E-state index in [-0.39, 0.29) is 5.91 Å². The van der Waals surface area contributed by atoms with Crippen LogP contribution in [0.3, 0.4) is 0 Å². The Bertz CT molecular complexity index is 1290. The number of piperazine rings is 1. The second-order valence-electron chi connectivity index (χ2n) is 10.7. The van der Waals surface area contributed by atoms with Gasteiger partial charge in [-0.15, -0.1) is 0 Å². The van der Waals surface area contributed by atoms with E-state index in [1.807, 2.05) is 24.4 Å². The Kier molecular flexibility index (Phi) is 7.29. The molecule has 38 heavy (non-hydrogen) atoms. The van der Waals surface area contributed by atoms with Crippen LogP contribution in [0.25, 0.3) is 11.0 Å². The number of anilines is 2. The summed E-state index contributed by atoms with van der Waals surface area (Å²) in [5.41, 5.74) is 1.50. The molecule has 1 amide bonds. The number of nitrogens with one attached hydrogen (secondary N) is 2. The number of carbonyl (C=O) groups is 1. The molecule has 2 N–H and O–H groups in total. The molecule has 3 aromatic heterocycles. The molecule has 0 spiro atoms. The molecule has 1 unspecified atom stereocenters. The molecule has 3 fully saturated rings. The van der Waals surface area contributed by atoms with Crippen LogP contribution in [0.2, 0.25) is 0 Å². The lowest BCUT2D eigenvalue weighted by Gasteiger charge is -2.37. The molecule has 4 heterocycles. The second kappa shape index (κ2) is 11.0. The molecule has 202 valence electrons. The predicted molar refractivity (Wildman–Crippen MR) is 150 cm³/mol. The summed E-state index contributed by atoms with van der Waals surface area (Å²) in [4.78, 5) is 33.7. The van der Waals surface area contributed by atoms with Gasteiger partial charge >= 0.3 is 0 Å². The summed E-state index contributed by atoms with van der Waals surface area (Å²) in [7, 11) is 1.13. The van der Waals surface area contributed by atoms with Gasteiger partial charge in [-0.3, -0.25) is 4.79 Å². The van der Waals surface area contributed by atoms with Gasteiger partial charge < -0.3 is 20.1 Å². The maximum atomic E-state index is 13.3. The Hall–Kier alpha value is -3.05. The zero-order valence-electron chi connectivity index (χ0n) is 21.9. The molecule has 1 atom stereocenters. The smallest absolute Gasteiger partial charge is 0.255 e. The molecular formula is C27H36N8O2S. The maximum Gasteiger partial charge on any atom is 0.255 e. The van der Waals surface area contributed by atoms with Crippen molar-refractivity contribution in [2.45, 2.75) is 50.6 Å². The zero-order chi connectivity index (χ0) is 26.1. The van der Waals surface area contributed by atoms with Crippen LogP contribution in [0.15, 0.2) is 36.9 Å². The summed E-state index contributed by atoms with van der Waals surface area (Å²) in [6.45, 7) is 2.86. The lowest BCUT2D eigenvalue weighted by Crippen LogP contribution is -2.49. The van der Waals surface area contributed by atoms with Crippen molar-refractivity contribution >= 4 is 39.6 Å². The monoisotopic (exact) mass is 536 g/mol. The quantitative estimate of drug-likeness (QED) is 0.456. The van der Waals surface area contributed by atoms with Gasteiger partial charge in [-0.25, -0.2) is 23.5 Å². The number of amides is 1. The van der Waals surface area contributed by atoms with Gasteiger partial charge in [0.25, 0.3) is 5.91 Å². The molecule has 11 heteroatoms. The second-order valence-corrected chi connectivity index (χ2v) is 12.2. The number of nitrogens with zero attached hydrogens (tertiary/aromatic N) is 6. The SMILES string of the molecule is CN(c1ncnc2[nH]ccc12)C1CCC(CS(=O)N2CCN(c3ncccc3C(=O)NC3CC3)CC2)CC1. The fraction of sp³-hybridized carbons (Fsp3) is 0.556. The van der Waals surface area contributed by atoms with Crippen LogP contribution >= 0.6 is 0 Å². The largest absolute Gasteiger partial charge is 0.356 e. The average molecular weight is 537 g/mol. The fourth-order valence-corrected chi connectivity index (χ4v) is 7.26. The van der Waals surface area contributed by atoms with Crippen LogP contribution in [-0.2, 0) is 11.0 Å². The Balaban J connectivity index is 0.990. The van der Waals surface area contributed by atoms with Crippen LogP contribution in [-0.4, -0.2) is 85.4 Å². The number of rotatable bonds is 8. The normalized spacial score (nSPS) is 23.3. The van der Waals surface area contributed by atoms with E-state index in [0.717, 1.165) is 80.0 Å². The third-order valence-corrected chi connectivity index (χ3v) is 9.88. The van der Waals surface area contributed by atoms with Crippen LogP contribution in [0.1, 0.15) is 48.9 Å². The standard InChI is InChI=1S/C27H36N8O2S/c1-33(25-22-10-12-28-24(22)30-18-31-25)21-8-4-19(5-9-21)17-38(37)35-15-13-34(14-16-35)26-23(3-2-11-29-26)27(36)32-20-6-7-20/h2-3,10-12,18-21H,4-9,13-17H2,1H3,(H,32,36)(H,28,30,31). The van der Waals surface area contributed by atoms with Gasteiger partial charge in [0.1, 0.15) is 23.6 Å². The molecule has 0 radical (unpaired) electrons. The average Bonchev–Trinajstić information content (AvgIpc) is 3.64. The minimum absolute atomic E-state index is 0.0416. The summed E-state index contributed by atoms with van der Waals surface area (Å²) in [6.07, 6.45) is 11.7. The van der Waals surface area contributed by atoms with Gasteiger partial charge in [-0.1, -0.05) is 0 Å². The minimum atomic E-state index is -0.991. The van der Waals surface area contributed by atoms with Crippen molar-refractivity contribution in [3.05, 3.63) is 42.5 Å². The summed E-state index contributed by atoms with van der Waals surface area (Å²) < 4.78 is 15.4. The molecule has 2 aliphatic carbocycles. The zero-order valence-corrected chi connectivity index (χ0v) is 22.7. The third kappa shape index (κ3) is 5.40. The molecular weight excluding hydrogens is 500 g/mol. The van der Waals surface area contributed by atoms with Gasteiger partial charge in [-0.05, 0) is 62.6 Å². The van der Waals surface area contributed by atoms with Crippen molar-refractivity contribution in [1.29, 1.82) is 0 Å². The molecule has 6 rings (SSSR count). The molecule has 1 saturated heterocycles. The van der Waals surface area contributed by atoms with Crippen molar-refractivity contribution in [2.75, 3.05) is 48.8 Å². The Labute approximate surface area is 225 Å². The van der Waals surface area contributed by atoms with Gasteiger partial charge in [0.15, 0.2) is 0 Å². The van der Waals surface area contributed by atoms with E-state index >= 15 is 0 Å². The Morgan fingerprint density at radius 2 is 1.87 bits per heavy atom. The number of aromatic nitrogens is 4. The van der Waals surface area contributed by atoms with Gasteiger partial charge in [0, 0.05) is 63.5 Å².